The van der Waals surface area contributed by atoms with E-state index in [0.717, 1.165) is 54.6 Å². The first-order valence-electron chi connectivity index (χ1n) is 9.59. The van der Waals surface area contributed by atoms with Gasteiger partial charge in [-0.3, -0.25) is 0 Å². The number of allylic oxidation sites excluding steroid dienone is 2. The van der Waals surface area contributed by atoms with Gasteiger partial charge in [0.05, 0.1) is 11.4 Å². The van der Waals surface area contributed by atoms with Crippen LogP contribution in [0.1, 0.15) is 44.2 Å². The van der Waals surface area contributed by atoms with Crippen molar-refractivity contribution in [2.24, 2.45) is 11.7 Å². The van der Waals surface area contributed by atoms with Crippen molar-refractivity contribution in [3.8, 4) is 0 Å². The normalized spacial score (nSPS) is 24.0. The molecule has 1 saturated heterocycles. The van der Waals surface area contributed by atoms with E-state index in [1.807, 2.05) is 27.0 Å². The van der Waals surface area contributed by atoms with Crippen LogP contribution in [0.4, 0.5) is 21.5 Å². The fourth-order valence-corrected chi connectivity index (χ4v) is 4.36. The summed E-state index contributed by atoms with van der Waals surface area (Å²) in [6.45, 7) is 11.8. The average Bonchev–Trinajstić information content (AvgIpc) is 3.32. The Morgan fingerprint density at radius 3 is 2.50 bits per heavy atom. The molecule has 2 unspecified atom stereocenters. The zero-order valence-corrected chi connectivity index (χ0v) is 16.0. The molecule has 1 saturated carbocycles. The first kappa shape index (κ1) is 17.4. The molecule has 140 valence electrons. The zero-order valence-electron chi connectivity index (χ0n) is 16.0. The van der Waals surface area contributed by atoms with Crippen LogP contribution in [-0.4, -0.2) is 25.2 Å². The van der Waals surface area contributed by atoms with Crippen LogP contribution < -0.4 is 21.3 Å². The molecule has 2 aliphatic heterocycles. The van der Waals surface area contributed by atoms with E-state index in [2.05, 4.69) is 16.4 Å². The van der Waals surface area contributed by atoms with Crippen LogP contribution in [0, 0.1) is 18.7 Å². The van der Waals surface area contributed by atoms with E-state index >= 15 is 4.39 Å². The lowest BCUT2D eigenvalue weighted by Crippen LogP contribution is -2.31. The molecule has 26 heavy (non-hydrogen) atoms. The summed E-state index contributed by atoms with van der Waals surface area (Å²) in [6.07, 6.45) is 5.22. The van der Waals surface area contributed by atoms with Gasteiger partial charge in [-0.25, -0.2) is 4.39 Å². The van der Waals surface area contributed by atoms with E-state index in [1.165, 1.54) is 0 Å². The van der Waals surface area contributed by atoms with Crippen LogP contribution in [-0.2, 0) is 0 Å². The molecule has 4 N–H and O–H groups in total. The Labute approximate surface area is 155 Å². The molecule has 0 radical (unpaired) electrons. The summed E-state index contributed by atoms with van der Waals surface area (Å²) >= 11 is 0. The number of fused-ring (bicyclic) bond motifs is 1. The molecule has 1 aliphatic carbocycles. The lowest BCUT2D eigenvalue weighted by Gasteiger charge is -2.34. The number of nitrogen functional groups attached to an aromatic ring is 1. The van der Waals surface area contributed by atoms with Crippen molar-refractivity contribution in [2.75, 3.05) is 28.6 Å². The van der Waals surface area contributed by atoms with Gasteiger partial charge in [0.1, 0.15) is 0 Å². The molecule has 1 aromatic carbocycles. The lowest BCUT2D eigenvalue weighted by atomic mass is 9.90. The summed E-state index contributed by atoms with van der Waals surface area (Å²) in [5.41, 5.74) is 18.0. The maximum absolute atomic E-state index is 15.9. The minimum absolute atomic E-state index is 0.117. The first-order chi connectivity index (χ1) is 12.3. The molecule has 0 aromatic heterocycles. The third kappa shape index (κ3) is 2.52. The van der Waals surface area contributed by atoms with Gasteiger partial charge in [-0.1, -0.05) is 6.58 Å². The number of hydrogen-bond acceptors (Lipinski definition) is 4. The molecule has 0 bridgehead atoms. The van der Waals surface area contributed by atoms with Crippen LogP contribution >= 0.6 is 0 Å². The van der Waals surface area contributed by atoms with Crippen molar-refractivity contribution < 1.29 is 4.39 Å². The third-order valence-electron chi connectivity index (χ3n) is 6.27. The minimum atomic E-state index is -0.158. The fraction of sp³-hybridized carbons (Fsp3) is 0.524. The van der Waals surface area contributed by atoms with Crippen LogP contribution in [0.5, 0.6) is 0 Å². The van der Waals surface area contributed by atoms with E-state index in [0.29, 0.717) is 29.0 Å². The van der Waals surface area contributed by atoms with Crippen LogP contribution in [0.3, 0.4) is 0 Å². The maximum Gasteiger partial charge on any atom is 0.171 e. The number of hydrogen-bond donors (Lipinski definition) is 2. The molecule has 2 fully saturated rings. The van der Waals surface area contributed by atoms with Crippen molar-refractivity contribution in [3.05, 3.63) is 35.3 Å². The van der Waals surface area contributed by atoms with Gasteiger partial charge in [0, 0.05) is 42.6 Å². The molecular weight excluding hydrogens is 327 g/mol. The molecule has 4 nitrogen and oxygen atoms in total. The SMILES string of the molecule is C=C1C(C)=CN(C2CC2)c2c(F)c(N3CCC(C(C)N)C3)c(C)c(N)c21. The summed E-state index contributed by atoms with van der Waals surface area (Å²) in [5, 5.41) is 0. The van der Waals surface area contributed by atoms with E-state index < -0.39 is 0 Å². The highest BCUT2D eigenvalue weighted by Crippen LogP contribution is 2.50. The Balaban J connectivity index is 1.85. The summed E-state index contributed by atoms with van der Waals surface area (Å²) in [6, 6.07) is 0.489. The predicted molar refractivity (Wildman–Crippen MR) is 108 cm³/mol. The van der Waals surface area contributed by atoms with Gasteiger partial charge in [-0.15, -0.1) is 0 Å². The van der Waals surface area contributed by atoms with E-state index in [1.54, 1.807) is 0 Å². The Bertz CT molecular complexity index is 807. The summed E-state index contributed by atoms with van der Waals surface area (Å²) < 4.78 is 15.9. The Morgan fingerprint density at radius 2 is 1.92 bits per heavy atom. The summed E-state index contributed by atoms with van der Waals surface area (Å²) in [7, 11) is 0. The highest BCUT2D eigenvalue weighted by atomic mass is 19.1. The number of nitrogens with zero attached hydrogens (tertiary/aromatic N) is 2. The predicted octanol–water partition coefficient (Wildman–Crippen LogP) is 3.79. The molecule has 3 aliphatic rings. The van der Waals surface area contributed by atoms with Crippen molar-refractivity contribution in [2.45, 2.75) is 52.1 Å². The average molecular weight is 356 g/mol. The van der Waals surface area contributed by atoms with Crippen molar-refractivity contribution in [1.82, 2.24) is 0 Å². The fourth-order valence-electron chi connectivity index (χ4n) is 4.36. The number of anilines is 3. The molecule has 4 rings (SSSR count). The van der Waals surface area contributed by atoms with Crippen molar-refractivity contribution >= 4 is 22.6 Å². The second-order valence-corrected chi connectivity index (χ2v) is 8.21. The molecular formula is C21H29FN4. The Kier molecular flexibility index (Phi) is 4.03. The van der Waals surface area contributed by atoms with Gasteiger partial charge in [0.2, 0.25) is 0 Å². The quantitative estimate of drug-likeness (QED) is 0.809. The molecule has 1 aromatic rings. The number of nitrogens with two attached hydrogens (primary N) is 2. The molecule has 2 atom stereocenters. The second-order valence-electron chi connectivity index (χ2n) is 8.21. The van der Waals surface area contributed by atoms with Crippen LogP contribution in [0.2, 0.25) is 0 Å². The Hall–Kier alpha value is -2.01. The van der Waals surface area contributed by atoms with Crippen LogP contribution in [0.25, 0.3) is 5.57 Å². The van der Waals surface area contributed by atoms with E-state index in [-0.39, 0.29) is 11.9 Å². The number of rotatable bonds is 3. The zero-order chi connectivity index (χ0) is 18.7. The number of halogens is 1. The van der Waals surface area contributed by atoms with Crippen molar-refractivity contribution in [1.29, 1.82) is 0 Å². The van der Waals surface area contributed by atoms with Gasteiger partial charge < -0.3 is 21.3 Å². The highest BCUT2D eigenvalue weighted by Gasteiger charge is 2.38. The third-order valence-corrected chi connectivity index (χ3v) is 6.27. The Morgan fingerprint density at radius 1 is 1.23 bits per heavy atom. The summed E-state index contributed by atoms with van der Waals surface area (Å²) in [4.78, 5) is 4.22. The van der Waals surface area contributed by atoms with Gasteiger partial charge in [-0.2, -0.15) is 0 Å². The van der Waals surface area contributed by atoms with Crippen LogP contribution in [0.15, 0.2) is 18.4 Å². The molecule has 0 amide bonds. The van der Waals surface area contributed by atoms with Crippen molar-refractivity contribution in [3.63, 3.8) is 0 Å². The minimum Gasteiger partial charge on any atom is -0.398 e. The standard InChI is InChI=1S/C21H29FN4/c1-11-9-26(16-5-6-16)21-17(12(11)2)19(24)13(3)20(18(21)22)25-8-7-15(10-25)14(4)23/h9,14-16H,2,5-8,10,23-24H2,1,3-4H3. The van der Waals surface area contributed by atoms with Gasteiger partial charge >= 0.3 is 0 Å². The van der Waals surface area contributed by atoms with Gasteiger partial charge in [0.15, 0.2) is 5.82 Å². The summed E-state index contributed by atoms with van der Waals surface area (Å²) in [5.74, 6) is 0.233. The second kappa shape index (κ2) is 6.02. The monoisotopic (exact) mass is 356 g/mol. The molecule has 5 heteroatoms. The lowest BCUT2D eigenvalue weighted by molar-refractivity contribution is 0.487. The molecule has 0 spiro atoms. The van der Waals surface area contributed by atoms with E-state index in [9.17, 15) is 0 Å². The van der Waals surface area contributed by atoms with E-state index in [4.69, 9.17) is 11.5 Å². The smallest absolute Gasteiger partial charge is 0.171 e. The highest BCUT2D eigenvalue weighted by molar-refractivity contribution is 5.97. The van der Waals surface area contributed by atoms with Gasteiger partial charge in [-0.05, 0) is 62.7 Å². The topological polar surface area (TPSA) is 58.5 Å². The maximum atomic E-state index is 15.9. The largest absolute Gasteiger partial charge is 0.398 e. The van der Waals surface area contributed by atoms with Gasteiger partial charge in [0.25, 0.3) is 0 Å². The first-order valence-corrected chi connectivity index (χ1v) is 9.59. The molecule has 2 heterocycles. The number of benzene rings is 1.